The summed E-state index contributed by atoms with van der Waals surface area (Å²) in [7, 11) is 0. The first kappa shape index (κ1) is 19.2. The Morgan fingerprint density at radius 3 is 2.24 bits per heavy atom. The topological polar surface area (TPSA) is 87.9 Å². The Morgan fingerprint density at radius 1 is 1.12 bits per heavy atom. The Kier molecular flexibility index (Phi) is 6.77. The molecule has 2 aromatic carbocycles. The molecule has 0 unspecified atom stereocenters. The number of benzene rings is 2. The molecule has 9 heteroatoms. The van der Waals surface area contributed by atoms with E-state index in [4.69, 9.17) is 14.2 Å². The van der Waals surface area contributed by atoms with Crippen molar-refractivity contribution >= 4 is 43.5 Å². The van der Waals surface area contributed by atoms with Gasteiger partial charge in [-0.2, -0.15) is 0 Å². The van der Waals surface area contributed by atoms with Gasteiger partial charge in [-0.15, -0.1) is 0 Å². The smallest absolute Gasteiger partial charge is 0.344 e. The molecule has 0 spiro atoms. The van der Waals surface area contributed by atoms with Crippen LogP contribution in [0.3, 0.4) is 0 Å². The Balaban J connectivity index is 2.11. The van der Waals surface area contributed by atoms with Crippen LogP contribution in [-0.4, -0.2) is 24.1 Å². The largest absolute Gasteiger partial charge is 0.482 e. The zero-order valence-corrected chi connectivity index (χ0v) is 16.2. The average Bonchev–Trinajstić information content (AvgIpc) is 2.57. The number of nitro benzene ring substituents is 1. The first-order valence-corrected chi connectivity index (χ1v) is 8.69. The van der Waals surface area contributed by atoms with Crippen LogP contribution in [0.1, 0.15) is 6.92 Å². The number of carbonyl (C=O) groups is 1. The summed E-state index contributed by atoms with van der Waals surface area (Å²) in [5, 5.41) is 10.7. The van der Waals surface area contributed by atoms with Crippen LogP contribution in [0.2, 0.25) is 0 Å². The number of esters is 1. The molecule has 0 heterocycles. The van der Waals surface area contributed by atoms with Crippen LogP contribution in [0.4, 0.5) is 5.69 Å². The molecular formula is C16H13Br2NO6. The first-order chi connectivity index (χ1) is 11.9. The Bertz CT molecular complexity index is 756. The van der Waals surface area contributed by atoms with Gasteiger partial charge in [0.15, 0.2) is 12.4 Å². The van der Waals surface area contributed by atoms with Gasteiger partial charge in [0.2, 0.25) is 0 Å². The van der Waals surface area contributed by atoms with E-state index >= 15 is 0 Å². The van der Waals surface area contributed by atoms with Gasteiger partial charge in [-0.25, -0.2) is 4.79 Å². The molecule has 0 radical (unpaired) electrons. The minimum atomic E-state index is -0.481. The van der Waals surface area contributed by atoms with E-state index in [1.54, 1.807) is 19.1 Å². The number of carbonyl (C=O) groups excluding carboxylic acids is 1. The van der Waals surface area contributed by atoms with E-state index in [1.165, 1.54) is 24.3 Å². The summed E-state index contributed by atoms with van der Waals surface area (Å²) in [5.41, 5.74) is -0.0202. The van der Waals surface area contributed by atoms with Crippen molar-refractivity contribution in [2.75, 3.05) is 13.2 Å². The van der Waals surface area contributed by atoms with Crippen LogP contribution in [0, 0.1) is 10.1 Å². The number of nitro groups is 1. The third-order valence-electron chi connectivity index (χ3n) is 2.90. The normalized spacial score (nSPS) is 10.2. The van der Waals surface area contributed by atoms with Crippen LogP contribution in [0.15, 0.2) is 45.3 Å². The fourth-order valence-corrected chi connectivity index (χ4v) is 3.12. The van der Waals surface area contributed by atoms with Crippen molar-refractivity contribution in [3.05, 3.63) is 55.5 Å². The molecule has 0 atom stereocenters. The summed E-state index contributed by atoms with van der Waals surface area (Å²) < 4.78 is 17.1. The molecule has 0 fully saturated rings. The third kappa shape index (κ3) is 5.43. The highest BCUT2D eigenvalue weighted by atomic mass is 79.9. The van der Waals surface area contributed by atoms with Crippen molar-refractivity contribution in [2.45, 2.75) is 6.92 Å². The van der Waals surface area contributed by atoms with Crippen LogP contribution in [0.5, 0.6) is 17.2 Å². The Labute approximate surface area is 160 Å². The zero-order valence-electron chi connectivity index (χ0n) is 13.0. The van der Waals surface area contributed by atoms with Gasteiger partial charge in [-0.1, -0.05) is 0 Å². The van der Waals surface area contributed by atoms with E-state index < -0.39 is 10.9 Å². The van der Waals surface area contributed by atoms with E-state index in [9.17, 15) is 14.9 Å². The lowest BCUT2D eigenvalue weighted by atomic mass is 10.3. The number of hydrogen-bond acceptors (Lipinski definition) is 6. The van der Waals surface area contributed by atoms with Crippen molar-refractivity contribution in [2.24, 2.45) is 0 Å². The molecule has 25 heavy (non-hydrogen) atoms. The molecule has 0 saturated heterocycles. The Hall–Kier alpha value is -2.13. The maximum absolute atomic E-state index is 11.3. The van der Waals surface area contributed by atoms with E-state index in [2.05, 4.69) is 31.9 Å². The molecule has 0 N–H and O–H groups in total. The molecule has 7 nitrogen and oxygen atoms in total. The number of rotatable bonds is 7. The quantitative estimate of drug-likeness (QED) is 0.323. The van der Waals surface area contributed by atoms with Crippen LogP contribution in [-0.2, 0) is 9.53 Å². The summed E-state index contributed by atoms with van der Waals surface area (Å²) in [6.45, 7) is 1.81. The second kappa shape index (κ2) is 8.82. The minimum absolute atomic E-state index is 0.0202. The van der Waals surface area contributed by atoms with Gasteiger partial charge < -0.3 is 14.2 Å². The molecule has 2 aromatic rings. The summed E-state index contributed by atoms with van der Waals surface area (Å²) in [6, 6.07) is 9.00. The van der Waals surface area contributed by atoms with Crippen molar-refractivity contribution in [3.63, 3.8) is 0 Å². The van der Waals surface area contributed by atoms with E-state index in [-0.39, 0.29) is 18.9 Å². The molecule has 0 aliphatic rings. The fraction of sp³-hybridized carbons (Fsp3) is 0.188. The maximum Gasteiger partial charge on any atom is 0.344 e. The zero-order chi connectivity index (χ0) is 18.4. The summed E-state index contributed by atoms with van der Waals surface area (Å²) >= 11 is 6.74. The second-order valence-electron chi connectivity index (χ2n) is 4.66. The van der Waals surface area contributed by atoms with Crippen molar-refractivity contribution in [3.8, 4) is 17.2 Å². The highest BCUT2D eigenvalue weighted by molar-refractivity contribution is 9.11. The lowest BCUT2D eigenvalue weighted by Crippen LogP contribution is -2.14. The number of ether oxygens (including phenoxy) is 3. The summed E-state index contributed by atoms with van der Waals surface area (Å²) in [6.07, 6.45) is 0. The summed E-state index contributed by atoms with van der Waals surface area (Å²) in [5.74, 6) is 0.897. The highest BCUT2D eigenvalue weighted by Crippen LogP contribution is 2.40. The maximum atomic E-state index is 11.3. The fourth-order valence-electron chi connectivity index (χ4n) is 1.82. The predicted molar refractivity (Wildman–Crippen MR) is 97.1 cm³/mol. The van der Waals surface area contributed by atoms with E-state index in [1.807, 2.05) is 0 Å². The van der Waals surface area contributed by atoms with Crippen LogP contribution >= 0.6 is 31.9 Å². The minimum Gasteiger partial charge on any atom is -0.482 e. The van der Waals surface area contributed by atoms with Crippen molar-refractivity contribution in [1.29, 1.82) is 0 Å². The lowest BCUT2D eigenvalue weighted by molar-refractivity contribution is -0.384. The molecule has 0 aliphatic heterocycles. The molecule has 0 amide bonds. The molecule has 0 bridgehead atoms. The Morgan fingerprint density at radius 2 is 1.72 bits per heavy atom. The van der Waals surface area contributed by atoms with Gasteiger partial charge in [0.25, 0.3) is 5.69 Å². The first-order valence-electron chi connectivity index (χ1n) is 7.10. The number of hydrogen-bond donors (Lipinski definition) is 0. The predicted octanol–water partition coefficient (Wildman–Crippen LogP) is 4.85. The lowest BCUT2D eigenvalue weighted by Gasteiger charge is -2.12. The number of halogens is 2. The van der Waals surface area contributed by atoms with E-state index in [0.29, 0.717) is 26.2 Å². The number of nitrogens with zero attached hydrogens (tertiary/aromatic N) is 1. The van der Waals surface area contributed by atoms with Crippen molar-refractivity contribution in [1.82, 2.24) is 0 Å². The van der Waals surface area contributed by atoms with Gasteiger partial charge in [-0.05, 0) is 63.0 Å². The van der Waals surface area contributed by atoms with Gasteiger partial charge in [-0.3, -0.25) is 10.1 Å². The number of non-ortho nitro benzene ring substituents is 1. The molecule has 0 saturated carbocycles. The highest BCUT2D eigenvalue weighted by Gasteiger charge is 2.13. The molecular weight excluding hydrogens is 462 g/mol. The SMILES string of the molecule is CCOC(=O)COc1cc(Br)c(Oc2ccc([N+](=O)[O-])cc2)c(Br)c1. The average molecular weight is 475 g/mol. The van der Waals surface area contributed by atoms with E-state index in [0.717, 1.165) is 0 Å². The van der Waals surface area contributed by atoms with Crippen LogP contribution < -0.4 is 9.47 Å². The van der Waals surface area contributed by atoms with Crippen molar-refractivity contribution < 1.29 is 23.9 Å². The van der Waals surface area contributed by atoms with Gasteiger partial charge >= 0.3 is 5.97 Å². The monoisotopic (exact) mass is 473 g/mol. The molecule has 0 aromatic heterocycles. The summed E-state index contributed by atoms with van der Waals surface area (Å²) in [4.78, 5) is 21.5. The standard InChI is InChI=1S/C16H13Br2NO6/c1-2-23-15(20)9-24-12-7-13(17)16(14(18)8-12)25-11-5-3-10(4-6-11)19(21)22/h3-8H,2,9H2,1H3. The molecule has 2 rings (SSSR count). The van der Waals surface area contributed by atoms with Gasteiger partial charge in [0.05, 0.1) is 20.5 Å². The third-order valence-corrected chi connectivity index (χ3v) is 4.08. The van der Waals surface area contributed by atoms with Gasteiger partial charge in [0.1, 0.15) is 11.5 Å². The molecule has 0 aliphatic carbocycles. The second-order valence-corrected chi connectivity index (χ2v) is 6.37. The van der Waals surface area contributed by atoms with Gasteiger partial charge in [0, 0.05) is 12.1 Å². The van der Waals surface area contributed by atoms with Crippen LogP contribution in [0.25, 0.3) is 0 Å². The molecule has 132 valence electrons.